The number of carbonyl (C=O) groups excluding carboxylic acids is 2. The second kappa shape index (κ2) is 7.74. The third kappa shape index (κ3) is 3.96. The molecule has 2 saturated heterocycles. The summed E-state index contributed by atoms with van der Waals surface area (Å²) in [6.07, 6.45) is 0. The first-order valence-corrected chi connectivity index (χ1v) is 8.56. The smallest absolute Gasteiger partial charge is 0.310 e. The number of nitrogens with zero attached hydrogens (tertiary/aromatic N) is 2. The van der Waals surface area contributed by atoms with Gasteiger partial charge in [0.1, 0.15) is 12.4 Å². The van der Waals surface area contributed by atoms with Gasteiger partial charge in [-0.2, -0.15) is 0 Å². The number of carboxylic acid groups (broad SMARTS) is 1. The summed E-state index contributed by atoms with van der Waals surface area (Å²) in [5.74, 6) is 0.0618. The predicted octanol–water partition coefficient (Wildman–Crippen LogP) is 0.608. The Kier molecular flexibility index (Phi) is 5.41. The van der Waals surface area contributed by atoms with Gasteiger partial charge in [0.25, 0.3) is 5.97 Å². The van der Waals surface area contributed by atoms with Gasteiger partial charge >= 0.3 is 5.97 Å². The highest BCUT2D eigenvalue weighted by Crippen LogP contribution is 2.33. The zero-order chi connectivity index (χ0) is 18.7. The highest BCUT2D eigenvalue weighted by atomic mass is 16.5. The van der Waals surface area contributed by atoms with E-state index in [1.165, 1.54) is 0 Å². The van der Waals surface area contributed by atoms with Crippen LogP contribution in [0.1, 0.15) is 6.92 Å². The molecular weight excluding hydrogens is 340 g/mol. The molecule has 4 rings (SSSR count). The largest absolute Gasteiger partial charge is 0.490 e. The fourth-order valence-corrected chi connectivity index (χ4v) is 3.53. The van der Waals surface area contributed by atoms with Crippen LogP contribution in [0.15, 0.2) is 24.3 Å². The van der Waals surface area contributed by atoms with Crippen molar-refractivity contribution in [1.29, 1.82) is 0 Å². The van der Waals surface area contributed by atoms with E-state index < -0.39 is 5.97 Å². The van der Waals surface area contributed by atoms with Gasteiger partial charge in [0.15, 0.2) is 0 Å². The first kappa shape index (κ1) is 18.2. The Labute approximate surface area is 151 Å². The number of carbonyl (C=O) groups is 3. The van der Waals surface area contributed by atoms with E-state index in [-0.39, 0.29) is 23.7 Å². The molecule has 140 valence electrons. The zero-order valence-corrected chi connectivity index (χ0v) is 14.6. The topological polar surface area (TPSA) is 96.4 Å². The van der Waals surface area contributed by atoms with Gasteiger partial charge in [-0.1, -0.05) is 12.1 Å². The molecule has 8 heteroatoms. The SMILES string of the molecule is CC(=O)O.O=C1OC[C@H]2CN(CC(=O)N3CCOc4ccccc43)C[C@@H]12. The van der Waals surface area contributed by atoms with Gasteiger partial charge in [-0.25, -0.2) is 0 Å². The van der Waals surface area contributed by atoms with Crippen molar-refractivity contribution in [1.82, 2.24) is 4.90 Å². The Hall–Kier alpha value is -2.61. The van der Waals surface area contributed by atoms with Gasteiger partial charge in [-0.3, -0.25) is 19.3 Å². The molecular formula is C18H22N2O6. The summed E-state index contributed by atoms with van der Waals surface area (Å²) in [6.45, 7) is 4.39. The Bertz CT molecular complexity index is 703. The number of anilines is 1. The number of cyclic esters (lactones) is 1. The molecule has 0 radical (unpaired) electrons. The molecule has 1 aromatic rings. The molecule has 0 bridgehead atoms. The number of hydrogen-bond acceptors (Lipinski definition) is 6. The Balaban J connectivity index is 0.000000447. The molecule has 1 N–H and O–H groups in total. The first-order chi connectivity index (χ1) is 12.5. The molecule has 3 heterocycles. The molecule has 0 saturated carbocycles. The number of amides is 1. The molecule has 8 nitrogen and oxygen atoms in total. The minimum absolute atomic E-state index is 0.0511. The normalized spacial score (nSPS) is 23.9. The molecule has 1 aromatic carbocycles. The van der Waals surface area contributed by atoms with Gasteiger partial charge < -0.3 is 19.5 Å². The van der Waals surface area contributed by atoms with Crippen molar-refractivity contribution in [3.8, 4) is 5.75 Å². The van der Waals surface area contributed by atoms with Crippen molar-refractivity contribution in [3.63, 3.8) is 0 Å². The molecule has 3 aliphatic rings. The minimum Gasteiger partial charge on any atom is -0.490 e. The maximum absolute atomic E-state index is 12.6. The van der Waals surface area contributed by atoms with E-state index in [1.807, 2.05) is 24.3 Å². The molecule has 0 aliphatic carbocycles. The summed E-state index contributed by atoms with van der Waals surface area (Å²) in [5, 5.41) is 7.42. The van der Waals surface area contributed by atoms with Crippen LogP contribution in [-0.2, 0) is 19.1 Å². The summed E-state index contributed by atoms with van der Waals surface area (Å²) in [7, 11) is 0. The Morgan fingerprint density at radius 1 is 1.23 bits per heavy atom. The number of benzene rings is 1. The highest BCUT2D eigenvalue weighted by Gasteiger charge is 2.44. The van der Waals surface area contributed by atoms with Crippen molar-refractivity contribution in [2.45, 2.75) is 6.92 Å². The van der Waals surface area contributed by atoms with E-state index in [2.05, 4.69) is 4.90 Å². The number of para-hydroxylation sites is 2. The van der Waals surface area contributed by atoms with Crippen LogP contribution in [0.25, 0.3) is 0 Å². The van der Waals surface area contributed by atoms with E-state index >= 15 is 0 Å². The van der Waals surface area contributed by atoms with Gasteiger partial charge in [-0.15, -0.1) is 0 Å². The van der Waals surface area contributed by atoms with Gasteiger partial charge in [-0.05, 0) is 12.1 Å². The van der Waals surface area contributed by atoms with E-state index in [0.717, 1.165) is 24.9 Å². The van der Waals surface area contributed by atoms with Crippen LogP contribution in [0, 0.1) is 11.8 Å². The van der Waals surface area contributed by atoms with Crippen LogP contribution < -0.4 is 9.64 Å². The third-order valence-electron chi connectivity index (χ3n) is 4.65. The summed E-state index contributed by atoms with van der Waals surface area (Å²) in [5.41, 5.74) is 0.831. The fourth-order valence-electron chi connectivity index (χ4n) is 3.53. The quantitative estimate of drug-likeness (QED) is 0.770. The lowest BCUT2D eigenvalue weighted by molar-refractivity contribution is -0.141. The van der Waals surface area contributed by atoms with Gasteiger partial charge in [0, 0.05) is 25.9 Å². The highest BCUT2D eigenvalue weighted by molar-refractivity contribution is 5.96. The standard InChI is InChI=1S/C16H18N2O4.C2H4O2/c19-15(9-17-7-11-10-22-16(20)12(11)8-17)18-5-6-21-14-4-2-1-3-13(14)18;1-2(3)4/h1-4,11-12H,5-10H2;1H3,(H,3,4)/t11-,12-;/m1./s1. The molecule has 3 aliphatic heterocycles. The number of aliphatic carboxylic acids is 1. The van der Waals surface area contributed by atoms with Crippen LogP contribution in [0.3, 0.4) is 0 Å². The van der Waals surface area contributed by atoms with Crippen LogP contribution in [0.2, 0.25) is 0 Å². The Morgan fingerprint density at radius 2 is 1.96 bits per heavy atom. The summed E-state index contributed by atoms with van der Waals surface area (Å²) in [6, 6.07) is 7.59. The summed E-state index contributed by atoms with van der Waals surface area (Å²) < 4.78 is 10.6. The lowest BCUT2D eigenvalue weighted by Gasteiger charge is -2.30. The number of hydrogen-bond donors (Lipinski definition) is 1. The fraction of sp³-hybridized carbons (Fsp3) is 0.500. The third-order valence-corrected chi connectivity index (χ3v) is 4.65. The monoisotopic (exact) mass is 362 g/mol. The first-order valence-electron chi connectivity index (χ1n) is 8.56. The molecule has 0 unspecified atom stereocenters. The maximum Gasteiger partial charge on any atom is 0.310 e. The van der Waals surface area contributed by atoms with E-state index in [1.54, 1.807) is 4.90 Å². The zero-order valence-electron chi connectivity index (χ0n) is 14.6. The van der Waals surface area contributed by atoms with Crippen LogP contribution in [0.5, 0.6) is 5.75 Å². The van der Waals surface area contributed by atoms with Crippen molar-refractivity contribution in [2.24, 2.45) is 11.8 Å². The van der Waals surface area contributed by atoms with Crippen LogP contribution >= 0.6 is 0 Å². The average Bonchev–Trinajstić information content (AvgIpc) is 3.15. The van der Waals surface area contributed by atoms with Gasteiger partial charge in [0.05, 0.1) is 31.3 Å². The lowest BCUT2D eigenvalue weighted by atomic mass is 10.0. The summed E-state index contributed by atoms with van der Waals surface area (Å²) in [4.78, 5) is 37.1. The van der Waals surface area contributed by atoms with Crippen molar-refractivity contribution < 1.29 is 29.0 Å². The summed E-state index contributed by atoms with van der Waals surface area (Å²) >= 11 is 0. The maximum atomic E-state index is 12.6. The molecule has 1 amide bonds. The van der Waals surface area contributed by atoms with Gasteiger partial charge in [0.2, 0.25) is 5.91 Å². The number of fused-ring (bicyclic) bond motifs is 2. The molecule has 0 spiro atoms. The number of esters is 1. The van der Waals surface area contributed by atoms with Crippen molar-refractivity contribution in [3.05, 3.63) is 24.3 Å². The van der Waals surface area contributed by atoms with E-state index in [4.69, 9.17) is 19.4 Å². The van der Waals surface area contributed by atoms with Crippen molar-refractivity contribution in [2.75, 3.05) is 44.3 Å². The van der Waals surface area contributed by atoms with Crippen LogP contribution in [-0.4, -0.2) is 67.2 Å². The number of likely N-dealkylation sites (tertiary alicyclic amines) is 1. The van der Waals surface area contributed by atoms with E-state index in [0.29, 0.717) is 32.8 Å². The van der Waals surface area contributed by atoms with E-state index in [9.17, 15) is 9.59 Å². The molecule has 0 aromatic heterocycles. The number of rotatable bonds is 2. The second-order valence-corrected chi connectivity index (χ2v) is 6.57. The Morgan fingerprint density at radius 3 is 2.69 bits per heavy atom. The molecule has 26 heavy (non-hydrogen) atoms. The second-order valence-electron chi connectivity index (χ2n) is 6.57. The minimum atomic E-state index is -0.833. The number of carboxylic acids is 1. The number of ether oxygens (including phenoxy) is 2. The predicted molar refractivity (Wildman–Crippen MR) is 92.0 cm³/mol. The van der Waals surface area contributed by atoms with Crippen LogP contribution in [0.4, 0.5) is 5.69 Å². The molecule has 2 atom stereocenters. The molecule has 2 fully saturated rings. The van der Waals surface area contributed by atoms with Crippen molar-refractivity contribution >= 4 is 23.5 Å². The average molecular weight is 362 g/mol. The lowest BCUT2D eigenvalue weighted by Crippen LogP contribution is -2.44.